The van der Waals surface area contributed by atoms with E-state index in [2.05, 4.69) is 45.2 Å². The summed E-state index contributed by atoms with van der Waals surface area (Å²) in [6.07, 6.45) is 2.62. The third-order valence-corrected chi connectivity index (χ3v) is 4.33. The lowest BCUT2D eigenvalue weighted by Gasteiger charge is -2.24. The summed E-state index contributed by atoms with van der Waals surface area (Å²) in [4.78, 5) is 2.50. The third kappa shape index (κ3) is 4.20. The number of hydrogen-bond donors (Lipinski definition) is 1. The van der Waals surface area contributed by atoms with Crippen molar-refractivity contribution >= 4 is 15.9 Å². The van der Waals surface area contributed by atoms with Crippen LogP contribution in [-0.4, -0.2) is 37.7 Å². The molecule has 1 heterocycles. The van der Waals surface area contributed by atoms with Gasteiger partial charge in [-0.15, -0.1) is 0 Å². The highest BCUT2D eigenvalue weighted by atomic mass is 79.9. The number of benzene rings is 1. The van der Waals surface area contributed by atoms with Crippen molar-refractivity contribution in [3.63, 3.8) is 0 Å². The lowest BCUT2D eigenvalue weighted by molar-refractivity contribution is 0.253. The summed E-state index contributed by atoms with van der Waals surface area (Å²) >= 11 is 3.55. The van der Waals surface area contributed by atoms with E-state index in [0.29, 0.717) is 6.04 Å². The van der Waals surface area contributed by atoms with Crippen LogP contribution in [0.15, 0.2) is 22.7 Å². The maximum Gasteiger partial charge on any atom is 0.133 e. The minimum atomic E-state index is 0.668. The summed E-state index contributed by atoms with van der Waals surface area (Å²) in [6, 6.07) is 7.00. The van der Waals surface area contributed by atoms with Gasteiger partial charge >= 0.3 is 0 Å². The first kappa shape index (κ1) is 14.8. The molecule has 0 amide bonds. The fourth-order valence-electron chi connectivity index (χ4n) is 2.60. The Kier molecular flexibility index (Phi) is 5.67. The van der Waals surface area contributed by atoms with Crippen molar-refractivity contribution in [3.8, 4) is 5.75 Å². The van der Waals surface area contributed by atoms with Crippen LogP contribution in [0.1, 0.15) is 25.3 Å². The van der Waals surface area contributed by atoms with Gasteiger partial charge in [-0.2, -0.15) is 0 Å². The zero-order valence-corrected chi connectivity index (χ0v) is 13.4. The van der Waals surface area contributed by atoms with E-state index in [-0.39, 0.29) is 0 Å². The molecule has 0 bridgehead atoms. The van der Waals surface area contributed by atoms with Crippen LogP contribution >= 0.6 is 15.9 Å². The summed E-state index contributed by atoms with van der Waals surface area (Å²) in [7, 11) is 1.70. The van der Waals surface area contributed by atoms with Gasteiger partial charge in [-0.1, -0.05) is 13.0 Å². The second-order valence-corrected chi connectivity index (χ2v) is 5.94. The number of ether oxygens (including phenoxy) is 1. The molecule has 1 saturated heterocycles. The second-order valence-electron chi connectivity index (χ2n) is 5.09. The third-order valence-electron chi connectivity index (χ3n) is 3.71. The molecule has 0 radical (unpaired) electrons. The molecule has 0 saturated carbocycles. The number of hydrogen-bond acceptors (Lipinski definition) is 3. The number of nitrogens with zero attached hydrogens (tertiary/aromatic N) is 1. The first-order chi connectivity index (χ1) is 9.22. The van der Waals surface area contributed by atoms with Crippen molar-refractivity contribution in [2.75, 3.05) is 26.7 Å². The summed E-state index contributed by atoms with van der Waals surface area (Å²) in [5.41, 5.74) is 1.33. The Labute approximate surface area is 124 Å². The molecule has 0 spiro atoms. The molecule has 0 aliphatic carbocycles. The summed E-state index contributed by atoms with van der Waals surface area (Å²) in [5.74, 6) is 0.893. The van der Waals surface area contributed by atoms with Crippen LogP contribution in [-0.2, 0) is 6.54 Å². The molecular weight excluding hydrogens is 304 g/mol. The van der Waals surface area contributed by atoms with E-state index < -0.39 is 0 Å². The zero-order chi connectivity index (χ0) is 13.7. The predicted molar refractivity (Wildman–Crippen MR) is 82.7 cm³/mol. The van der Waals surface area contributed by atoms with Crippen molar-refractivity contribution in [1.82, 2.24) is 10.2 Å². The van der Waals surface area contributed by atoms with Crippen LogP contribution in [0.2, 0.25) is 0 Å². The van der Waals surface area contributed by atoms with Crippen molar-refractivity contribution in [2.24, 2.45) is 0 Å². The van der Waals surface area contributed by atoms with Gasteiger partial charge in [0.25, 0.3) is 0 Å². The van der Waals surface area contributed by atoms with Crippen molar-refractivity contribution in [3.05, 3.63) is 28.2 Å². The number of halogens is 1. The Bertz CT molecular complexity index is 405. The molecule has 1 unspecified atom stereocenters. The molecule has 2 rings (SSSR count). The molecule has 4 heteroatoms. The number of likely N-dealkylation sites (N-methyl/N-ethyl adjacent to an activating group) is 1. The standard InChI is InChI=1S/C15H23BrN2O/c1-3-18(11-13-5-4-8-17-13)10-12-6-7-15(19-2)14(16)9-12/h6-7,9,13,17H,3-5,8,10-11H2,1-2H3. The highest BCUT2D eigenvalue weighted by Crippen LogP contribution is 2.26. The minimum Gasteiger partial charge on any atom is -0.496 e. The molecule has 1 aromatic carbocycles. The van der Waals surface area contributed by atoms with E-state index in [4.69, 9.17) is 4.74 Å². The number of nitrogens with one attached hydrogen (secondary N) is 1. The van der Waals surface area contributed by atoms with Crippen molar-refractivity contribution in [1.29, 1.82) is 0 Å². The van der Waals surface area contributed by atoms with Gasteiger partial charge in [0.1, 0.15) is 5.75 Å². The van der Waals surface area contributed by atoms with Crippen molar-refractivity contribution in [2.45, 2.75) is 32.4 Å². The SMILES string of the molecule is CCN(Cc1ccc(OC)c(Br)c1)CC1CCCN1. The van der Waals surface area contributed by atoms with Gasteiger partial charge in [0.05, 0.1) is 11.6 Å². The molecule has 1 aromatic rings. The molecule has 0 aromatic heterocycles. The topological polar surface area (TPSA) is 24.5 Å². The van der Waals surface area contributed by atoms with Crippen LogP contribution in [0.5, 0.6) is 5.75 Å². The Morgan fingerprint density at radius 2 is 2.32 bits per heavy atom. The van der Waals surface area contributed by atoms with Gasteiger partial charge in [-0.25, -0.2) is 0 Å². The summed E-state index contributed by atoms with van der Waals surface area (Å²) in [6.45, 7) is 6.63. The molecule has 1 N–H and O–H groups in total. The highest BCUT2D eigenvalue weighted by molar-refractivity contribution is 9.10. The van der Waals surface area contributed by atoms with Crippen LogP contribution in [0.4, 0.5) is 0 Å². The Balaban J connectivity index is 1.95. The molecule has 106 valence electrons. The summed E-state index contributed by atoms with van der Waals surface area (Å²) in [5, 5.41) is 3.57. The molecule has 1 aliphatic heterocycles. The normalized spacial score (nSPS) is 19.1. The van der Waals surface area contributed by atoms with Gasteiger partial charge in [0.15, 0.2) is 0 Å². The predicted octanol–water partition coefficient (Wildman–Crippen LogP) is 3.03. The van der Waals surface area contributed by atoms with Gasteiger partial charge in [0, 0.05) is 19.1 Å². The van der Waals surface area contributed by atoms with E-state index >= 15 is 0 Å². The van der Waals surface area contributed by atoms with Gasteiger partial charge < -0.3 is 10.1 Å². The molecule has 1 fully saturated rings. The molecule has 3 nitrogen and oxygen atoms in total. The number of rotatable bonds is 6. The van der Waals surface area contributed by atoms with E-state index in [0.717, 1.165) is 29.9 Å². The fourth-order valence-corrected chi connectivity index (χ4v) is 3.18. The smallest absolute Gasteiger partial charge is 0.133 e. The molecule has 1 atom stereocenters. The average Bonchev–Trinajstić information content (AvgIpc) is 2.91. The lowest BCUT2D eigenvalue weighted by atomic mass is 10.1. The van der Waals surface area contributed by atoms with Crippen LogP contribution < -0.4 is 10.1 Å². The van der Waals surface area contributed by atoms with Crippen LogP contribution in [0.25, 0.3) is 0 Å². The van der Waals surface area contributed by atoms with Crippen LogP contribution in [0, 0.1) is 0 Å². The van der Waals surface area contributed by atoms with E-state index in [1.165, 1.54) is 24.9 Å². The van der Waals surface area contributed by atoms with Crippen LogP contribution in [0.3, 0.4) is 0 Å². The van der Waals surface area contributed by atoms with Gasteiger partial charge in [-0.05, 0) is 59.6 Å². The summed E-state index contributed by atoms with van der Waals surface area (Å²) < 4.78 is 6.30. The van der Waals surface area contributed by atoms with E-state index in [1.54, 1.807) is 7.11 Å². The zero-order valence-electron chi connectivity index (χ0n) is 11.8. The molecule has 1 aliphatic rings. The monoisotopic (exact) mass is 326 g/mol. The second kappa shape index (κ2) is 7.27. The Morgan fingerprint density at radius 3 is 2.89 bits per heavy atom. The largest absolute Gasteiger partial charge is 0.496 e. The maximum atomic E-state index is 5.27. The highest BCUT2D eigenvalue weighted by Gasteiger charge is 2.17. The van der Waals surface area contributed by atoms with Crippen molar-refractivity contribution < 1.29 is 4.74 Å². The van der Waals surface area contributed by atoms with E-state index in [1.807, 2.05) is 6.07 Å². The van der Waals surface area contributed by atoms with Gasteiger partial charge in [0.2, 0.25) is 0 Å². The van der Waals surface area contributed by atoms with Gasteiger partial charge in [-0.3, -0.25) is 4.90 Å². The fraction of sp³-hybridized carbons (Fsp3) is 0.600. The first-order valence-electron chi connectivity index (χ1n) is 7.01. The molecule has 19 heavy (non-hydrogen) atoms. The maximum absolute atomic E-state index is 5.27. The Morgan fingerprint density at radius 1 is 1.47 bits per heavy atom. The minimum absolute atomic E-state index is 0.668. The quantitative estimate of drug-likeness (QED) is 0.869. The molecular formula is C15H23BrN2O. The lowest BCUT2D eigenvalue weighted by Crippen LogP contribution is -2.37. The van der Waals surface area contributed by atoms with E-state index in [9.17, 15) is 0 Å². The first-order valence-corrected chi connectivity index (χ1v) is 7.80. The average molecular weight is 327 g/mol. The number of methoxy groups -OCH3 is 1. The Hall–Kier alpha value is -0.580.